The van der Waals surface area contributed by atoms with E-state index in [1.807, 2.05) is 0 Å². The highest BCUT2D eigenvalue weighted by Crippen LogP contribution is 2.23. The lowest BCUT2D eigenvalue weighted by Crippen LogP contribution is -2.33. The molecule has 0 aromatic heterocycles. The van der Waals surface area contributed by atoms with Crippen LogP contribution in [0.4, 0.5) is 0 Å². The molecule has 3 amide bonds. The molecule has 1 N–H and O–H groups in total. The third-order valence-electron chi connectivity index (χ3n) is 3.73. The van der Waals surface area contributed by atoms with Gasteiger partial charge in [0.2, 0.25) is 5.91 Å². The van der Waals surface area contributed by atoms with E-state index in [9.17, 15) is 19.2 Å². The Labute approximate surface area is 126 Å². The Morgan fingerprint density at radius 3 is 2.36 bits per heavy atom. The molecule has 22 heavy (non-hydrogen) atoms. The van der Waals surface area contributed by atoms with Crippen LogP contribution < -0.4 is 5.32 Å². The summed E-state index contributed by atoms with van der Waals surface area (Å²) in [6.07, 6.45) is 1.59. The molecule has 7 nitrogen and oxygen atoms in total. The van der Waals surface area contributed by atoms with E-state index in [4.69, 9.17) is 4.84 Å². The third kappa shape index (κ3) is 2.57. The second kappa shape index (κ2) is 5.59. The molecule has 1 unspecified atom stereocenters. The van der Waals surface area contributed by atoms with Crippen LogP contribution in [0.15, 0.2) is 24.3 Å². The molecule has 2 aliphatic heterocycles. The zero-order valence-electron chi connectivity index (χ0n) is 11.7. The molecule has 1 atom stereocenters. The van der Waals surface area contributed by atoms with Gasteiger partial charge in [-0.15, -0.1) is 0 Å². The Balaban J connectivity index is 1.57. The van der Waals surface area contributed by atoms with Gasteiger partial charge in [-0.2, -0.15) is 0 Å². The number of hydrogen-bond donors (Lipinski definition) is 1. The maximum absolute atomic E-state index is 12.0. The summed E-state index contributed by atoms with van der Waals surface area (Å²) in [4.78, 5) is 51.8. The Kier molecular flexibility index (Phi) is 3.62. The van der Waals surface area contributed by atoms with E-state index >= 15 is 0 Å². The number of carbonyl (C=O) groups excluding carboxylic acids is 4. The highest BCUT2D eigenvalue weighted by atomic mass is 16.7. The van der Waals surface area contributed by atoms with Gasteiger partial charge in [-0.3, -0.25) is 14.4 Å². The summed E-state index contributed by atoms with van der Waals surface area (Å²) < 4.78 is 0. The minimum atomic E-state index is -0.671. The highest BCUT2D eigenvalue weighted by molar-refractivity contribution is 6.20. The van der Waals surface area contributed by atoms with Gasteiger partial charge in [-0.05, 0) is 25.0 Å². The number of hydroxylamine groups is 2. The number of benzene rings is 1. The van der Waals surface area contributed by atoms with Crippen molar-refractivity contribution in [1.82, 2.24) is 10.4 Å². The maximum Gasteiger partial charge on any atom is 0.333 e. The Bertz CT molecular complexity index is 635. The number of hydrogen-bond acceptors (Lipinski definition) is 5. The second-order valence-electron chi connectivity index (χ2n) is 5.26. The van der Waals surface area contributed by atoms with Crippen molar-refractivity contribution in [2.75, 3.05) is 0 Å². The fourth-order valence-electron chi connectivity index (χ4n) is 2.58. The van der Waals surface area contributed by atoms with Crippen molar-refractivity contribution in [2.24, 2.45) is 0 Å². The lowest BCUT2D eigenvalue weighted by atomic mass is 10.1. The molecule has 1 aromatic rings. The fourth-order valence-corrected chi connectivity index (χ4v) is 2.58. The van der Waals surface area contributed by atoms with E-state index in [0.717, 1.165) is 0 Å². The molecule has 0 saturated carbocycles. The van der Waals surface area contributed by atoms with Crippen molar-refractivity contribution in [3.63, 3.8) is 0 Å². The monoisotopic (exact) mass is 302 g/mol. The molecule has 3 rings (SSSR count). The molecule has 1 fully saturated rings. The lowest BCUT2D eigenvalue weighted by Gasteiger charge is -2.14. The van der Waals surface area contributed by atoms with Crippen LogP contribution in [0.25, 0.3) is 0 Å². The number of carbonyl (C=O) groups is 4. The number of fused-ring (bicyclic) bond motifs is 1. The molecule has 2 aliphatic rings. The number of amides is 3. The summed E-state index contributed by atoms with van der Waals surface area (Å²) in [5, 5.41) is 3.24. The molecule has 0 radical (unpaired) electrons. The van der Waals surface area contributed by atoms with Crippen LogP contribution in [0, 0.1) is 0 Å². The molecule has 1 saturated heterocycles. The van der Waals surface area contributed by atoms with Gasteiger partial charge in [-0.25, -0.2) is 4.79 Å². The molecule has 0 spiro atoms. The average Bonchev–Trinajstić information content (AvgIpc) is 3.03. The first-order valence-electron chi connectivity index (χ1n) is 7.04. The maximum atomic E-state index is 12.0. The smallest absolute Gasteiger partial charge is 0.333 e. The molecule has 114 valence electrons. The first kappa shape index (κ1) is 14.2. The van der Waals surface area contributed by atoms with Crippen LogP contribution in [-0.2, 0) is 14.4 Å². The Morgan fingerprint density at radius 2 is 1.82 bits per heavy atom. The molecule has 0 aliphatic carbocycles. The van der Waals surface area contributed by atoms with Gasteiger partial charge in [0.15, 0.2) is 0 Å². The van der Waals surface area contributed by atoms with Crippen molar-refractivity contribution >= 4 is 23.7 Å². The zero-order valence-corrected chi connectivity index (χ0v) is 11.7. The summed E-state index contributed by atoms with van der Waals surface area (Å²) >= 11 is 0. The summed E-state index contributed by atoms with van der Waals surface area (Å²) in [6, 6.07) is 6.24. The Morgan fingerprint density at radius 1 is 1.18 bits per heavy atom. The van der Waals surface area contributed by atoms with Crippen LogP contribution in [0.5, 0.6) is 0 Å². The molecule has 1 aromatic carbocycles. The van der Waals surface area contributed by atoms with E-state index in [1.54, 1.807) is 12.1 Å². The number of imide groups is 1. The Hall–Kier alpha value is -2.70. The van der Waals surface area contributed by atoms with Crippen molar-refractivity contribution in [1.29, 1.82) is 0 Å². The number of nitrogens with one attached hydrogen (secondary N) is 1. The fraction of sp³-hybridized carbons (Fsp3) is 0.333. The summed E-state index contributed by atoms with van der Waals surface area (Å²) in [5.41, 5.74) is 0.451. The summed E-state index contributed by atoms with van der Waals surface area (Å²) in [7, 11) is 0. The van der Waals surface area contributed by atoms with Gasteiger partial charge < -0.3 is 10.2 Å². The van der Waals surface area contributed by atoms with Crippen LogP contribution in [-0.4, -0.2) is 34.8 Å². The number of rotatable bonds is 4. The third-order valence-corrected chi connectivity index (χ3v) is 3.73. The average molecular weight is 302 g/mol. The topological polar surface area (TPSA) is 92.8 Å². The molecule has 7 heteroatoms. The zero-order chi connectivity index (χ0) is 15.7. The minimum absolute atomic E-state index is 0.0261. The lowest BCUT2D eigenvalue weighted by molar-refractivity contribution is -0.168. The van der Waals surface area contributed by atoms with Gasteiger partial charge in [-0.1, -0.05) is 17.2 Å². The minimum Gasteiger partial charge on any atom is -0.353 e. The molecular weight excluding hydrogens is 288 g/mol. The largest absolute Gasteiger partial charge is 0.353 e. The van der Waals surface area contributed by atoms with Crippen molar-refractivity contribution < 1.29 is 24.0 Å². The quantitative estimate of drug-likeness (QED) is 0.830. The van der Waals surface area contributed by atoms with Gasteiger partial charge in [0.1, 0.15) is 0 Å². The molecule has 0 bridgehead atoms. The van der Waals surface area contributed by atoms with Crippen LogP contribution >= 0.6 is 0 Å². The van der Waals surface area contributed by atoms with E-state index < -0.39 is 17.8 Å². The predicted molar refractivity (Wildman–Crippen MR) is 73.4 cm³/mol. The van der Waals surface area contributed by atoms with E-state index in [-0.39, 0.29) is 29.5 Å². The van der Waals surface area contributed by atoms with Crippen LogP contribution in [0.3, 0.4) is 0 Å². The molecular formula is C15H14N2O5. The first-order valence-corrected chi connectivity index (χ1v) is 7.04. The van der Waals surface area contributed by atoms with E-state index in [1.165, 1.54) is 12.1 Å². The van der Waals surface area contributed by atoms with E-state index in [2.05, 4.69) is 5.32 Å². The van der Waals surface area contributed by atoms with Crippen molar-refractivity contribution in [3.8, 4) is 0 Å². The second-order valence-corrected chi connectivity index (χ2v) is 5.26. The SMILES string of the molecule is O=C1CCC(CCC(=O)ON2C(=O)c3ccccc3C2=O)N1. The molecule has 2 heterocycles. The normalized spacial score (nSPS) is 20.1. The number of nitrogens with zero attached hydrogens (tertiary/aromatic N) is 1. The predicted octanol–water partition coefficient (Wildman–Crippen LogP) is 0.800. The van der Waals surface area contributed by atoms with Crippen molar-refractivity contribution in [2.45, 2.75) is 31.7 Å². The van der Waals surface area contributed by atoms with Gasteiger partial charge >= 0.3 is 5.97 Å². The summed E-state index contributed by atoms with van der Waals surface area (Å²) in [6.45, 7) is 0. The first-order chi connectivity index (χ1) is 10.6. The summed E-state index contributed by atoms with van der Waals surface area (Å²) in [5.74, 6) is -1.97. The van der Waals surface area contributed by atoms with Crippen molar-refractivity contribution in [3.05, 3.63) is 35.4 Å². The van der Waals surface area contributed by atoms with E-state index in [0.29, 0.717) is 24.3 Å². The van der Waals surface area contributed by atoms with Crippen LogP contribution in [0.2, 0.25) is 0 Å². The van der Waals surface area contributed by atoms with Gasteiger partial charge in [0.05, 0.1) is 11.1 Å². The van der Waals surface area contributed by atoms with Gasteiger partial charge in [0.25, 0.3) is 11.8 Å². The standard InChI is InChI=1S/C15H14N2O5/c18-12-7-5-9(16-12)6-8-13(19)22-17-14(20)10-3-1-2-4-11(10)15(17)21/h1-4,9H,5-8H2,(H,16,18). The van der Waals surface area contributed by atoms with Crippen LogP contribution in [0.1, 0.15) is 46.4 Å². The van der Waals surface area contributed by atoms with Gasteiger partial charge in [0, 0.05) is 18.9 Å². The highest BCUT2D eigenvalue weighted by Gasteiger charge is 2.38.